The van der Waals surface area contributed by atoms with Crippen molar-refractivity contribution in [1.29, 1.82) is 0 Å². The Morgan fingerprint density at radius 3 is 2.92 bits per heavy atom. The van der Waals surface area contributed by atoms with Gasteiger partial charge in [-0.05, 0) is 30.4 Å². The van der Waals surface area contributed by atoms with E-state index in [0.29, 0.717) is 0 Å². The maximum Gasteiger partial charge on any atom is 0.0453 e. The van der Waals surface area contributed by atoms with E-state index in [-0.39, 0.29) is 0 Å². The molecule has 13 heavy (non-hydrogen) atoms. The smallest absolute Gasteiger partial charge is 0.0453 e. The molecule has 0 saturated carbocycles. The number of halogens is 1. The molecule has 0 atom stereocenters. The first-order valence-corrected chi connectivity index (χ1v) is 5.57. The largest absolute Gasteiger partial charge is 0.398 e. The number of nitrogens with two attached hydrogens (primary N) is 1. The van der Waals surface area contributed by atoms with E-state index in [1.807, 2.05) is 18.2 Å². The van der Waals surface area contributed by atoms with Gasteiger partial charge in [-0.1, -0.05) is 24.9 Å². The molecule has 0 amide bonds. The van der Waals surface area contributed by atoms with Crippen LogP contribution >= 0.6 is 23.4 Å². The third-order valence-electron chi connectivity index (χ3n) is 1.63. The number of thioether (sulfide) groups is 1. The van der Waals surface area contributed by atoms with Gasteiger partial charge < -0.3 is 5.73 Å². The molecular formula is C10H13ClNS. The number of nitrogen functional groups attached to an aromatic ring is 1. The van der Waals surface area contributed by atoms with E-state index in [9.17, 15) is 0 Å². The summed E-state index contributed by atoms with van der Waals surface area (Å²) in [5.74, 6) is 1.05. The van der Waals surface area contributed by atoms with Crippen LogP contribution in [0.5, 0.6) is 0 Å². The highest BCUT2D eigenvalue weighted by molar-refractivity contribution is 7.99. The number of anilines is 1. The highest BCUT2D eigenvalue weighted by Crippen LogP contribution is 2.28. The average molecular weight is 215 g/mol. The van der Waals surface area contributed by atoms with Crippen molar-refractivity contribution in [2.45, 2.75) is 17.7 Å². The van der Waals surface area contributed by atoms with Gasteiger partial charge in [-0.2, -0.15) is 0 Å². The predicted octanol–water partition coefficient (Wildman–Crippen LogP) is 3.63. The fourth-order valence-electron chi connectivity index (χ4n) is 0.917. The molecule has 0 fully saturated rings. The van der Waals surface area contributed by atoms with E-state index >= 15 is 0 Å². The summed E-state index contributed by atoms with van der Waals surface area (Å²) < 4.78 is 0. The third-order valence-corrected chi connectivity index (χ3v) is 3.02. The van der Waals surface area contributed by atoms with Crippen LogP contribution in [0.1, 0.15) is 12.8 Å². The van der Waals surface area contributed by atoms with Gasteiger partial charge in [0.2, 0.25) is 0 Å². The summed E-state index contributed by atoms with van der Waals surface area (Å²) >= 11 is 7.58. The van der Waals surface area contributed by atoms with Crippen molar-refractivity contribution >= 4 is 29.1 Å². The first-order valence-electron chi connectivity index (χ1n) is 4.21. The van der Waals surface area contributed by atoms with Gasteiger partial charge in [-0.15, -0.1) is 11.8 Å². The molecule has 0 bridgehead atoms. The van der Waals surface area contributed by atoms with Crippen molar-refractivity contribution in [3.05, 3.63) is 30.1 Å². The number of rotatable bonds is 4. The molecule has 0 spiro atoms. The van der Waals surface area contributed by atoms with E-state index in [4.69, 9.17) is 17.3 Å². The van der Waals surface area contributed by atoms with E-state index in [1.54, 1.807) is 11.8 Å². The summed E-state index contributed by atoms with van der Waals surface area (Å²) in [5.41, 5.74) is 6.58. The molecule has 1 aromatic rings. The minimum absolute atomic E-state index is 0.742. The Bertz CT molecular complexity index is 276. The molecule has 0 saturated heterocycles. The molecule has 1 aromatic carbocycles. The van der Waals surface area contributed by atoms with E-state index < -0.39 is 0 Å². The molecule has 0 aliphatic carbocycles. The lowest BCUT2D eigenvalue weighted by Crippen LogP contribution is -1.88. The maximum absolute atomic E-state index is 5.85. The van der Waals surface area contributed by atoms with Gasteiger partial charge in [-0.25, -0.2) is 0 Å². The topological polar surface area (TPSA) is 26.0 Å². The van der Waals surface area contributed by atoms with Crippen molar-refractivity contribution in [3.8, 4) is 0 Å². The zero-order chi connectivity index (χ0) is 9.68. The second-order valence-corrected chi connectivity index (χ2v) is 4.31. The Morgan fingerprint density at radius 2 is 2.23 bits per heavy atom. The molecule has 0 aliphatic rings. The molecule has 1 rings (SSSR count). The second-order valence-electron chi connectivity index (χ2n) is 2.74. The van der Waals surface area contributed by atoms with Gasteiger partial charge in [-0.3, -0.25) is 0 Å². The Kier molecular flexibility index (Phi) is 4.46. The van der Waals surface area contributed by atoms with E-state index in [2.05, 4.69) is 6.92 Å². The zero-order valence-electron chi connectivity index (χ0n) is 7.42. The van der Waals surface area contributed by atoms with Crippen LogP contribution in [-0.4, -0.2) is 5.75 Å². The first-order chi connectivity index (χ1) is 6.24. The minimum atomic E-state index is 0.742. The van der Waals surface area contributed by atoms with Crippen LogP contribution in [0.15, 0.2) is 23.1 Å². The van der Waals surface area contributed by atoms with Crippen LogP contribution in [0.25, 0.3) is 0 Å². The van der Waals surface area contributed by atoms with Crippen LogP contribution in [0.3, 0.4) is 0 Å². The molecule has 0 aliphatic heterocycles. The first kappa shape index (κ1) is 10.7. The molecule has 0 heterocycles. The van der Waals surface area contributed by atoms with E-state index in [1.165, 1.54) is 0 Å². The monoisotopic (exact) mass is 214 g/mol. The second kappa shape index (κ2) is 5.40. The lowest BCUT2D eigenvalue weighted by molar-refractivity contribution is 0.969. The number of benzene rings is 1. The highest BCUT2D eigenvalue weighted by Gasteiger charge is 1.99. The number of hydrogen-bond acceptors (Lipinski definition) is 2. The Morgan fingerprint density at radius 1 is 1.46 bits per heavy atom. The lowest BCUT2D eigenvalue weighted by atomic mass is 10.3. The molecule has 3 heteroatoms. The lowest BCUT2D eigenvalue weighted by Gasteiger charge is -2.04. The fraction of sp³-hybridized carbons (Fsp3) is 0.300. The molecular weight excluding hydrogens is 202 g/mol. The zero-order valence-corrected chi connectivity index (χ0v) is 9.00. The molecule has 0 aromatic heterocycles. The Labute approximate surface area is 88.7 Å². The maximum atomic E-state index is 5.85. The van der Waals surface area contributed by atoms with Gasteiger partial charge in [0.05, 0.1) is 0 Å². The number of hydrogen-bond donors (Lipinski definition) is 1. The minimum Gasteiger partial charge on any atom is -0.398 e. The van der Waals surface area contributed by atoms with Crippen molar-refractivity contribution in [3.63, 3.8) is 0 Å². The quantitative estimate of drug-likeness (QED) is 0.471. The average Bonchev–Trinajstić information content (AvgIpc) is 2.11. The summed E-state index contributed by atoms with van der Waals surface area (Å²) in [7, 11) is 0. The van der Waals surface area contributed by atoms with Crippen molar-refractivity contribution in [2.75, 3.05) is 11.5 Å². The molecule has 2 N–H and O–H groups in total. The van der Waals surface area contributed by atoms with Crippen molar-refractivity contribution in [1.82, 2.24) is 0 Å². The van der Waals surface area contributed by atoms with E-state index in [0.717, 1.165) is 34.2 Å². The standard InChI is InChI=1S/C10H13ClNS/c1-2-3-6-13-10-7-8(11)4-5-9(10)12/h4-5,7H,1-3,6,12H2. The molecule has 71 valence electrons. The third kappa shape index (κ3) is 3.49. The predicted molar refractivity (Wildman–Crippen MR) is 61.2 cm³/mol. The summed E-state index contributed by atoms with van der Waals surface area (Å²) in [6.07, 6.45) is 2.07. The van der Waals surface area contributed by atoms with Crippen LogP contribution in [0.4, 0.5) is 5.69 Å². The van der Waals surface area contributed by atoms with Crippen molar-refractivity contribution < 1.29 is 0 Å². The SMILES string of the molecule is [CH2]CCCSc1cc(Cl)ccc1N. The van der Waals surface area contributed by atoms with Crippen LogP contribution in [0, 0.1) is 6.92 Å². The van der Waals surface area contributed by atoms with Crippen molar-refractivity contribution in [2.24, 2.45) is 0 Å². The van der Waals surface area contributed by atoms with Gasteiger partial charge >= 0.3 is 0 Å². The molecule has 1 radical (unpaired) electrons. The summed E-state index contributed by atoms with van der Waals surface area (Å²) in [6, 6.07) is 5.56. The normalized spacial score (nSPS) is 10.3. The summed E-state index contributed by atoms with van der Waals surface area (Å²) in [4.78, 5) is 1.07. The van der Waals surface area contributed by atoms with Gasteiger partial charge in [0.15, 0.2) is 0 Å². The molecule has 0 unspecified atom stereocenters. The van der Waals surface area contributed by atoms with Gasteiger partial charge in [0.1, 0.15) is 0 Å². The summed E-state index contributed by atoms with van der Waals surface area (Å²) in [5, 5.41) is 0.742. The molecule has 1 nitrogen and oxygen atoms in total. The van der Waals surface area contributed by atoms with Gasteiger partial charge in [0.25, 0.3) is 0 Å². The Hall–Kier alpha value is -0.340. The van der Waals surface area contributed by atoms with Crippen LogP contribution < -0.4 is 5.73 Å². The fourth-order valence-corrected chi connectivity index (χ4v) is 2.17. The summed E-state index contributed by atoms with van der Waals surface area (Å²) in [6.45, 7) is 3.79. The Balaban J connectivity index is 2.59. The highest BCUT2D eigenvalue weighted by atomic mass is 35.5. The van der Waals surface area contributed by atoms with Gasteiger partial charge in [0, 0.05) is 15.6 Å². The van der Waals surface area contributed by atoms with Crippen LogP contribution in [-0.2, 0) is 0 Å². The van der Waals surface area contributed by atoms with Crippen LogP contribution in [0.2, 0.25) is 5.02 Å². The number of unbranched alkanes of at least 4 members (excludes halogenated alkanes) is 1.